The number of aryl methyl sites for hydroxylation is 1. The third-order valence-electron chi connectivity index (χ3n) is 2.53. The normalized spacial score (nSPS) is 10.1. The minimum atomic E-state index is 0.669. The molecule has 4 heteroatoms. The van der Waals surface area contributed by atoms with Crippen molar-refractivity contribution >= 4 is 0 Å². The van der Waals surface area contributed by atoms with Gasteiger partial charge in [0.15, 0.2) is 0 Å². The standard InChI is InChI=1S/C14H16N2O2/c1-17-13-5-2-6-14(8-13)18-7-3-4-12-9-15-11-16-10-12/h2,5-6,8-11H,3-4,7H2,1H3. The minimum absolute atomic E-state index is 0.669. The first kappa shape index (κ1) is 12.4. The van der Waals surface area contributed by atoms with Gasteiger partial charge in [-0.2, -0.15) is 0 Å². The van der Waals surface area contributed by atoms with Gasteiger partial charge in [-0.3, -0.25) is 0 Å². The van der Waals surface area contributed by atoms with Crippen LogP contribution < -0.4 is 9.47 Å². The van der Waals surface area contributed by atoms with Crippen LogP contribution in [0.4, 0.5) is 0 Å². The Balaban J connectivity index is 1.75. The highest BCUT2D eigenvalue weighted by atomic mass is 16.5. The molecule has 0 bridgehead atoms. The Bertz CT molecular complexity index is 474. The zero-order valence-electron chi connectivity index (χ0n) is 10.4. The van der Waals surface area contributed by atoms with E-state index in [4.69, 9.17) is 9.47 Å². The number of nitrogens with zero attached hydrogens (tertiary/aromatic N) is 2. The van der Waals surface area contributed by atoms with Crippen LogP contribution in [0, 0.1) is 0 Å². The number of methoxy groups -OCH3 is 1. The number of ether oxygens (including phenoxy) is 2. The molecule has 2 aromatic rings. The average Bonchev–Trinajstić information content (AvgIpc) is 2.45. The van der Waals surface area contributed by atoms with Crippen molar-refractivity contribution in [1.29, 1.82) is 0 Å². The van der Waals surface area contributed by atoms with Crippen molar-refractivity contribution in [3.63, 3.8) is 0 Å². The molecule has 0 radical (unpaired) electrons. The molecular formula is C14H16N2O2. The fraction of sp³-hybridized carbons (Fsp3) is 0.286. The second kappa shape index (κ2) is 6.59. The maximum atomic E-state index is 5.65. The molecule has 18 heavy (non-hydrogen) atoms. The summed E-state index contributed by atoms with van der Waals surface area (Å²) in [6.07, 6.45) is 7.06. The molecule has 0 saturated heterocycles. The summed E-state index contributed by atoms with van der Waals surface area (Å²) < 4.78 is 10.8. The summed E-state index contributed by atoms with van der Waals surface area (Å²) in [6, 6.07) is 7.62. The summed E-state index contributed by atoms with van der Waals surface area (Å²) in [5.41, 5.74) is 1.13. The molecule has 0 aliphatic rings. The Morgan fingerprint density at radius 3 is 2.67 bits per heavy atom. The molecule has 94 valence electrons. The number of hydrogen-bond donors (Lipinski definition) is 0. The van der Waals surface area contributed by atoms with Gasteiger partial charge in [0.05, 0.1) is 13.7 Å². The molecule has 1 aromatic heterocycles. The number of benzene rings is 1. The van der Waals surface area contributed by atoms with Crippen LogP contribution in [0.2, 0.25) is 0 Å². The van der Waals surface area contributed by atoms with Crippen LogP contribution in [0.1, 0.15) is 12.0 Å². The third kappa shape index (κ3) is 3.73. The van der Waals surface area contributed by atoms with E-state index < -0.39 is 0 Å². The second-order valence-electron chi connectivity index (χ2n) is 3.88. The van der Waals surface area contributed by atoms with Crippen molar-refractivity contribution in [3.8, 4) is 11.5 Å². The fourth-order valence-electron chi connectivity index (χ4n) is 1.62. The van der Waals surface area contributed by atoms with E-state index in [1.54, 1.807) is 7.11 Å². The Morgan fingerprint density at radius 1 is 1.11 bits per heavy atom. The summed E-state index contributed by atoms with van der Waals surface area (Å²) in [5, 5.41) is 0. The fourth-order valence-corrected chi connectivity index (χ4v) is 1.62. The largest absolute Gasteiger partial charge is 0.497 e. The van der Waals surface area contributed by atoms with Crippen LogP contribution in [0.3, 0.4) is 0 Å². The van der Waals surface area contributed by atoms with Crippen molar-refractivity contribution in [3.05, 3.63) is 48.5 Å². The summed E-state index contributed by atoms with van der Waals surface area (Å²) in [6.45, 7) is 0.669. The lowest BCUT2D eigenvalue weighted by molar-refractivity contribution is 0.308. The first-order chi connectivity index (χ1) is 8.88. The molecule has 0 atom stereocenters. The molecule has 0 unspecified atom stereocenters. The van der Waals surface area contributed by atoms with Crippen molar-refractivity contribution < 1.29 is 9.47 Å². The lowest BCUT2D eigenvalue weighted by Crippen LogP contribution is -2.00. The van der Waals surface area contributed by atoms with Gasteiger partial charge in [0.2, 0.25) is 0 Å². The van der Waals surface area contributed by atoms with Gasteiger partial charge in [-0.1, -0.05) is 6.07 Å². The minimum Gasteiger partial charge on any atom is -0.497 e. The summed E-state index contributed by atoms with van der Waals surface area (Å²) >= 11 is 0. The lowest BCUT2D eigenvalue weighted by Gasteiger charge is -2.07. The van der Waals surface area contributed by atoms with E-state index in [1.165, 1.54) is 6.33 Å². The molecule has 2 rings (SSSR count). The highest BCUT2D eigenvalue weighted by Crippen LogP contribution is 2.18. The topological polar surface area (TPSA) is 44.2 Å². The predicted molar refractivity (Wildman–Crippen MR) is 68.8 cm³/mol. The van der Waals surface area contributed by atoms with Crippen molar-refractivity contribution in [2.45, 2.75) is 12.8 Å². The molecule has 0 saturated carbocycles. The smallest absolute Gasteiger partial charge is 0.122 e. The van der Waals surface area contributed by atoms with Crippen LogP contribution in [-0.4, -0.2) is 23.7 Å². The molecule has 0 N–H and O–H groups in total. The summed E-state index contributed by atoms with van der Waals surface area (Å²) in [5.74, 6) is 1.64. The highest BCUT2D eigenvalue weighted by Gasteiger charge is 1.97. The summed E-state index contributed by atoms with van der Waals surface area (Å²) in [4.78, 5) is 7.95. The first-order valence-corrected chi connectivity index (χ1v) is 5.89. The van der Waals surface area contributed by atoms with Gasteiger partial charge in [-0.15, -0.1) is 0 Å². The maximum absolute atomic E-state index is 5.65. The van der Waals surface area contributed by atoms with Gasteiger partial charge < -0.3 is 9.47 Å². The van der Waals surface area contributed by atoms with Gasteiger partial charge in [0.25, 0.3) is 0 Å². The van der Waals surface area contributed by atoms with E-state index in [9.17, 15) is 0 Å². The van der Waals surface area contributed by atoms with E-state index in [-0.39, 0.29) is 0 Å². The van der Waals surface area contributed by atoms with E-state index >= 15 is 0 Å². The van der Waals surface area contributed by atoms with Gasteiger partial charge in [0.1, 0.15) is 17.8 Å². The molecular weight excluding hydrogens is 228 g/mol. The van der Waals surface area contributed by atoms with Crippen LogP contribution in [0.5, 0.6) is 11.5 Å². The molecule has 1 aromatic carbocycles. The van der Waals surface area contributed by atoms with Gasteiger partial charge in [-0.25, -0.2) is 9.97 Å². The zero-order valence-corrected chi connectivity index (χ0v) is 10.4. The number of aromatic nitrogens is 2. The van der Waals surface area contributed by atoms with Gasteiger partial charge >= 0.3 is 0 Å². The Kier molecular flexibility index (Phi) is 4.53. The number of rotatable bonds is 6. The molecule has 0 fully saturated rings. The van der Waals surface area contributed by atoms with E-state index in [1.807, 2.05) is 36.7 Å². The van der Waals surface area contributed by atoms with Crippen LogP contribution in [-0.2, 0) is 6.42 Å². The Morgan fingerprint density at radius 2 is 1.89 bits per heavy atom. The second-order valence-corrected chi connectivity index (χ2v) is 3.88. The van der Waals surface area contributed by atoms with E-state index in [0.29, 0.717) is 6.61 Å². The quantitative estimate of drug-likeness (QED) is 0.732. The molecule has 4 nitrogen and oxygen atoms in total. The Hall–Kier alpha value is -2.10. The van der Waals surface area contributed by atoms with E-state index in [2.05, 4.69) is 9.97 Å². The SMILES string of the molecule is COc1cccc(OCCCc2cncnc2)c1. The molecule has 0 amide bonds. The van der Waals surface area contributed by atoms with Crippen molar-refractivity contribution in [2.24, 2.45) is 0 Å². The maximum Gasteiger partial charge on any atom is 0.122 e. The lowest BCUT2D eigenvalue weighted by atomic mass is 10.2. The predicted octanol–water partition coefficient (Wildman–Crippen LogP) is 2.50. The molecule has 0 spiro atoms. The van der Waals surface area contributed by atoms with Crippen molar-refractivity contribution in [1.82, 2.24) is 9.97 Å². The van der Waals surface area contributed by atoms with Crippen LogP contribution in [0.25, 0.3) is 0 Å². The zero-order chi connectivity index (χ0) is 12.6. The highest BCUT2D eigenvalue weighted by molar-refractivity contribution is 5.32. The molecule has 0 aliphatic carbocycles. The Labute approximate surface area is 107 Å². The van der Waals surface area contributed by atoms with E-state index in [0.717, 1.165) is 29.9 Å². The van der Waals surface area contributed by atoms with Gasteiger partial charge in [0, 0.05) is 18.5 Å². The van der Waals surface area contributed by atoms with Crippen LogP contribution in [0.15, 0.2) is 43.0 Å². The monoisotopic (exact) mass is 244 g/mol. The van der Waals surface area contributed by atoms with Crippen molar-refractivity contribution in [2.75, 3.05) is 13.7 Å². The average molecular weight is 244 g/mol. The first-order valence-electron chi connectivity index (χ1n) is 5.89. The number of hydrogen-bond acceptors (Lipinski definition) is 4. The van der Waals surface area contributed by atoms with Crippen LogP contribution >= 0.6 is 0 Å². The molecule has 1 heterocycles. The molecule has 0 aliphatic heterocycles. The third-order valence-corrected chi connectivity index (χ3v) is 2.53. The van der Waals surface area contributed by atoms with Gasteiger partial charge in [-0.05, 0) is 30.5 Å². The summed E-state index contributed by atoms with van der Waals surface area (Å²) in [7, 11) is 1.65.